The second-order valence-corrected chi connectivity index (χ2v) is 6.21. The molecule has 8 nitrogen and oxygen atoms in total. The summed E-state index contributed by atoms with van der Waals surface area (Å²) >= 11 is 0. The van der Waals surface area contributed by atoms with Gasteiger partial charge in [0, 0.05) is 26.2 Å². The number of likely N-dealkylation sites (N-methyl/N-ethyl adjacent to an activating group) is 1. The third-order valence-electron chi connectivity index (χ3n) is 4.29. The number of benzene rings is 1. The molecule has 0 saturated carbocycles. The van der Waals surface area contributed by atoms with Gasteiger partial charge in [0.05, 0.1) is 12.8 Å². The molecule has 0 radical (unpaired) electrons. The summed E-state index contributed by atoms with van der Waals surface area (Å²) in [6.07, 6.45) is 1.26. The van der Waals surface area contributed by atoms with Crippen molar-refractivity contribution in [3.63, 3.8) is 0 Å². The Morgan fingerprint density at radius 3 is 2.50 bits per heavy atom. The van der Waals surface area contributed by atoms with Crippen molar-refractivity contribution in [2.24, 2.45) is 5.10 Å². The molecule has 1 aliphatic rings. The van der Waals surface area contributed by atoms with Gasteiger partial charge in [-0.15, -0.1) is 0 Å². The average molecular weight is 361 g/mol. The molecule has 0 bridgehead atoms. The monoisotopic (exact) mass is 361 g/mol. The number of aromatic amines is 1. The molecule has 1 aromatic heterocycles. The quantitative estimate of drug-likeness (QED) is 0.749. The van der Waals surface area contributed by atoms with Crippen molar-refractivity contribution < 1.29 is 9.50 Å². The van der Waals surface area contributed by atoms with E-state index in [1.807, 2.05) is 7.05 Å². The molecule has 2 N–H and O–H groups in total. The van der Waals surface area contributed by atoms with E-state index in [4.69, 9.17) is 0 Å². The number of halogens is 1. The fourth-order valence-corrected chi connectivity index (χ4v) is 2.66. The molecular formula is C17H20FN5O3. The Bertz CT molecular complexity index is 911. The summed E-state index contributed by atoms with van der Waals surface area (Å²) in [6, 6.07) is 5.53. The molecule has 1 fully saturated rings. The highest BCUT2D eigenvalue weighted by Crippen LogP contribution is 2.12. The molecule has 1 aliphatic heterocycles. The van der Waals surface area contributed by atoms with Crippen molar-refractivity contribution in [3.8, 4) is 5.88 Å². The van der Waals surface area contributed by atoms with Crippen LogP contribution in [-0.4, -0.2) is 64.0 Å². The number of hydrogen-bond acceptors (Lipinski definition) is 6. The van der Waals surface area contributed by atoms with Gasteiger partial charge in [-0.3, -0.25) is 19.4 Å². The molecule has 138 valence electrons. The standard InChI is InChI=1S/C17H20FN5O3/c1-21-6-8-22(9-7-21)19-10-14-15(24)20-17(26)23(16(14)25)11-12-2-4-13(18)5-3-12/h2-5,10,25H,6-9,11H2,1H3,(H,20,24,26). The first kappa shape index (κ1) is 17.9. The van der Waals surface area contributed by atoms with E-state index in [2.05, 4.69) is 15.0 Å². The lowest BCUT2D eigenvalue weighted by Gasteiger charge is -2.30. The van der Waals surface area contributed by atoms with Gasteiger partial charge in [0.2, 0.25) is 5.88 Å². The van der Waals surface area contributed by atoms with Crippen LogP contribution in [0.1, 0.15) is 11.1 Å². The second kappa shape index (κ2) is 7.52. The molecule has 1 saturated heterocycles. The van der Waals surface area contributed by atoms with Crippen LogP contribution < -0.4 is 11.2 Å². The molecule has 0 unspecified atom stereocenters. The summed E-state index contributed by atoms with van der Waals surface area (Å²) in [4.78, 5) is 28.4. The van der Waals surface area contributed by atoms with Crippen LogP contribution in [0.3, 0.4) is 0 Å². The first-order valence-electron chi connectivity index (χ1n) is 8.22. The molecule has 9 heteroatoms. The van der Waals surface area contributed by atoms with E-state index in [0.29, 0.717) is 18.7 Å². The van der Waals surface area contributed by atoms with Crippen LogP contribution >= 0.6 is 0 Å². The molecule has 2 heterocycles. The van der Waals surface area contributed by atoms with Crippen LogP contribution in [0.25, 0.3) is 0 Å². The molecule has 26 heavy (non-hydrogen) atoms. The average Bonchev–Trinajstić information content (AvgIpc) is 2.61. The maximum atomic E-state index is 13.0. The van der Waals surface area contributed by atoms with Gasteiger partial charge in [-0.25, -0.2) is 9.18 Å². The Labute approximate surface area is 148 Å². The normalized spacial score (nSPS) is 15.7. The van der Waals surface area contributed by atoms with Gasteiger partial charge >= 0.3 is 5.69 Å². The van der Waals surface area contributed by atoms with E-state index in [1.165, 1.54) is 30.5 Å². The Hall–Kier alpha value is -2.94. The van der Waals surface area contributed by atoms with Gasteiger partial charge in [0.1, 0.15) is 11.4 Å². The molecule has 1 aromatic carbocycles. The number of H-pyrrole nitrogens is 1. The van der Waals surface area contributed by atoms with E-state index in [1.54, 1.807) is 5.01 Å². The lowest BCUT2D eigenvalue weighted by atomic mass is 10.2. The van der Waals surface area contributed by atoms with Crippen LogP contribution in [0.15, 0.2) is 39.0 Å². The Kier molecular flexibility index (Phi) is 5.17. The fraction of sp³-hybridized carbons (Fsp3) is 0.353. The minimum absolute atomic E-state index is 0.00290. The number of aromatic hydroxyl groups is 1. The van der Waals surface area contributed by atoms with E-state index in [-0.39, 0.29) is 12.1 Å². The van der Waals surface area contributed by atoms with Gasteiger partial charge in [0.15, 0.2) is 0 Å². The van der Waals surface area contributed by atoms with Crippen molar-refractivity contribution >= 4 is 6.21 Å². The van der Waals surface area contributed by atoms with E-state index < -0.39 is 22.9 Å². The summed E-state index contributed by atoms with van der Waals surface area (Å²) in [7, 11) is 2.02. The topological polar surface area (TPSA) is 93.9 Å². The van der Waals surface area contributed by atoms with Crippen molar-refractivity contribution in [1.29, 1.82) is 0 Å². The van der Waals surface area contributed by atoms with Crippen LogP contribution in [-0.2, 0) is 6.54 Å². The predicted molar refractivity (Wildman–Crippen MR) is 95.2 cm³/mol. The van der Waals surface area contributed by atoms with Crippen molar-refractivity contribution in [1.82, 2.24) is 19.5 Å². The minimum atomic E-state index is -0.742. The SMILES string of the molecule is CN1CCN(N=Cc2c(O)n(Cc3ccc(F)cc3)c(=O)[nH]c2=O)CC1. The molecule has 0 amide bonds. The first-order chi connectivity index (χ1) is 12.4. The Balaban J connectivity index is 1.87. The smallest absolute Gasteiger partial charge is 0.331 e. The molecule has 0 spiro atoms. The van der Waals surface area contributed by atoms with Crippen molar-refractivity contribution in [2.75, 3.05) is 33.2 Å². The van der Waals surface area contributed by atoms with Crippen LogP contribution in [0.2, 0.25) is 0 Å². The highest BCUT2D eigenvalue weighted by Gasteiger charge is 2.15. The number of piperazine rings is 1. The maximum absolute atomic E-state index is 13.0. The van der Waals surface area contributed by atoms with Crippen molar-refractivity contribution in [2.45, 2.75) is 6.54 Å². The predicted octanol–water partition coefficient (Wildman–Crippen LogP) is 0.0109. The molecule has 2 aromatic rings. The zero-order chi connectivity index (χ0) is 18.7. The molecule has 0 atom stereocenters. The van der Waals surface area contributed by atoms with Crippen LogP contribution in [0.4, 0.5) is 4.39 Å². The minimum Gasteiger partial charge on any atom is -0.494 e. The maximum Gasteiger partial charge on any atom is 0.331 e. The van der Waals surface area contributed by atoms with E-state index in [0.717, 1.165) is 17.7 Å². The molecule has 3 rings (SSSR count). The van der Waals surface area contributed by atoms with Gasteiger partial charge in [-0.2, -0.15) is 5.10 Å². The van der Waals surface area contributed by atoms with Gasteiger partial charge < -0.3 is 10.0 Å². The summed E-state index contributed by atoms with van der Waals surface area (Å²) in [6.45, 7) is 3.12. The molecular weight excluding hydrogens is 341 g/mol. The lowest BCUT2D eigenvalue weighted by molar-refractivity contribution is 0.159. The summed E-state index contributed by atoms with van der Waals surface area (Å²) in [5.74, 6) is -0.868. The number of aromatic nitrogens is 2. The number of hydrazone groups is 1. The van der Waals surface area contributed by atoms with Crippen LogP contribution in [0, 0.1) is 5.82 Å². The summed E-state index contributed by atoms with van der Waals surface area (Å²) in [5.41, 5.74) is -0.933. The third-order valence-corrected chi connectivity index (χ3v) is 4.29. The van der Waals surface area contributed by atoms with Gasteiger partial charge in [-0.05, 0) is 24.7 Å². The largest absolute Gasteiger partial charge is 0.494 e. The first-order valence-corrected chi connectivity index (χ1v) is 8.22. The fourth-order valence-electron chi connectivity index (χ4n) is 2.66. The van der Waals surface area contributed by atoms with Crippen molar-refractivity contribution in [3.05, 3.63) is 62.0 Å². The highest BCUT2D eigenvalue weighted by atomic mass is 19.1. The zero-order valence-electron chi connectivity index (χ0n) is 14.4. The molecule has 0 aliphatic carbocycles. The number of rotatable bonds is 4. The Morgan fingerprint density at radius 1 is 1.19 bits per heavy atom. The van der Waals surface area contributed by atoms with E-state index >= 15 is 0 Å². The van der Waals surface area contributed by atoms with E-state index in [9.17, 15) is 19.1 Å². The summed E-state index contributed by atoms with van der Waals surface area (Å²) < 4.78 is 14.0. The zero-order valence-corrected chi connectivity index (χ0v) is 14.4. The number of nitrogens with zero attached hydrogens (tertiary/aromatic N) is 4. The lowest BCUT2D eigenvalue weighted by Crippen LogP contribution is -2.42. The Morgan fingerprint density at radius 2 is 1.85 bits per heavy atom. The third kappa shape index (κ3) is 3.99. The second-order valence-electron chi connectivity index (χ2n) is 6.21. The van der Waals surface area contributed by atoms with Crippen LogP contribution in [0.5, 0.6) is 5.88 Å². The van der Waals surface area contributed by atoms with Gasteiger partial charge in [0.25, 0.3) is 5.56 Å². The number of hydrogen-bond donors (Lipinski definition) is 2. The highest BCUT2D eigenvalue weighted by molar-refractivity contribution is 5.81. The summed E-state index contributed by atoms with van der Waals surface area (Å²) in [5, 5.41) is 16.4. The number of nitrogens with one attached hydrogen (secondary N) is 1. The van der Waals surface area contributed by atoms with Gasteiger partial charge in [-0.1, -0.05) is 12.1 Å².